The quantitative estimate of drug-likeness (QED) is 0.291. The molecule has 0 heterocycles. The van der Waals surface area contributed by atoms with Crippen LogP contribution >= 0.6 is 0 Å². The maximum atomic E-state index is 11.8. The number of aromatic hydroxyl groups is 3. The van der Waals surface area contributed by atoms with Crippen LogP contribution in [0, 0.1) is 10.1 Å². The molecule has 0 radical (unpaired) electrons. The van der Waals surface area contributed by atoms with Crippen LogP contribution in [0.5, 0.6) is 17.2 Å². The van der Waals surface area contributed by atoms with E-state index in [-0.39, 0.29) is 34.1 Å². The third kappa shape index (κ3) is 3.73. The molecular formula is C14H11N3O6. The first-order valence-electron chi connectivity index (χ1n) is 6.21. The molecule has 1 amide bonds. The van der Waals surface area contributed by atoms with Crippen LogP contribution in [0.2, 0.25) is 0 Å². The summed E-state index contributed by atoms with van der Waals surface area (Å²) in [6, 6.07) is 6.72. The highest BCUT2D eigenvalue weighted by molar-refractivity contribution is 5.97. The van der Waals surface area contributed by atoms with Crippen molar-refractivity contribution in [2.75, 3.05) is 0 Å². The van der Waals surface area contributed by atoms with E-state index in [2.05, 4.69) is 10.5 Å². The number of benzene rings is 2. The van der Waals surface area contributed by atoms with E-state index >= 15 is 0 Å². The fourth-order valence-corrected chi connectivity index (χ4v) is 1.69. The predicted octanol–water partition coefficient (Wildman–Crippen LogP) is 1.48. The molecule has 0 atom stereocenters. The van der Waals surface area contributed by atoms with Gasteiger partial charge < -0.3 is 15.3 Å². The largest absolute Gasteiger partial charge is 0.508 e. The van der Waals surface area contributed by atoms with Crippen LogP contribution in [-0.2, 0) is 0 Å². The number of phenolic OH excluding ortho intramolecular Hbond substituents is 3. The second kappa shape index (κ2) is 6.43. The van der Waals surface area contributed by atoms with Gasteiger partial charge in [-0.15, -0.1) is 0 Å². The van der Waals surface area contributed by atoms with Gasteiger partial charge in [-0.05, 0) is 24.3 Å². The second-order valence-electron chi connectivity index (χ2n) is 4.40. The van der Waals surface area contributed by atoms with Crippen molar-refractivity contribution in [2.45, 2.75) is 0 Å². The number of nitrogens with one attached hydrogen (secondary N) is 1. The number of rotatable bonds is 4. The molecule has 2 aromatic carbocycles. The number of carbonyl (C=O) groups excluding carboxylic acids is 1. The summed E-state index contributed by atoms with van der Waals surface area (Å²) in [5, 5.41) is 42.6. The van der Waals surface area contributed by atoms with E-state index in [0.29, 0.717) is 0 Å². The Bertz CT molecular complexity index is 803. The van der Waals surface area contributed by atoms with Crippen molar-refractivity contribution in [3.8, 4) is 17.2 Å². The lowest BCUT2D eigenvalue weighted by atomic mass is 10.2. The van der Waals surface area contributed by atoms with E-state index in [1.165, 1.54) is 6.07 Å². The zero-order valence-electron chi connectivity index (χ0n) is 11.5. The summed E-state index contributed by atoms with van der Waals surface area (Å²) in [6.07, 6.45) is 1.01. The van der Waals surface area contributed by atoms with Crippen LogP contribution < -0.4 is 5.43 Å². The van der Waals surface area contributed by atoms with E-state index in [4.69, 9.17) is 0 Å². The van der Waals surface area contributed by atoms with Gasteiger partial charge in [0.25, 0.3) is 11.6 Å². The van der Waals surface area contributed by atoms with Crippen LogP contribution in [-0.4, -0.2) is 32.4 Å². The highest BCUT2D eigenvalue weighted by Gasteiger charge is 2.12. The first kappa shape index (κ1) is 15.8. The molecular weight excluding hydrogens is 306 g/mol. The number of carbonyl (C=O) groups is 1. The Balaban J connectivity index is 2.15. The van der Waals surface area contributed by atoms with Gasteiger partial charge in [0, 0.05) is 17.7 Å². The molecule has 0 fully saturated rings. The van der Waals surface area contributed by atoms with E-state index in [1.807, 2.05) is 0 Å². The summed E-state index contributed by atoms with van der Waals surface area (Å²) < 4.78 is 0. The van der Waals surface area contributed by atoms with Crippen molar-refractivity contribution in [1.82, 2.24) is 5.43 Å². The molecule has 0 bridgehead atoms. The van der Waals surface area contributed by atoms with E-state index in [9.17, 15) is 30.2 Å². The van der Waals surface area contributed by atoms with Crippen LogP contribution in [0.3, 0.4) is 0 Å². The molecule has 0 aromatic heterocycles. The van der Waals surface area contributed by atoms with E-state index in [0.717, 1.165) is 36.5 Å². The molecule has 0 saturated carbocycles. The number of nitrogens with zero attached hydrogens (tertiary/aromatic N) is 2. The normalized spacial score (nSPS) is 10.6. The minimum absolute atomic E-state index is 0.0274. The lowest BCUT2D eigenvalue weighted by Crippen LogP contribution is -2.17. The van der Waals surface area contributed by atoms with Crippen molar-refractivity contribution in [1.29, 1.82) is 0 Å². The van der Waals surface area contributed by atoms with Crippen molar-refractivity contribution in [2.24, 2.45) is 5.10 Å². The molecule has 0 saturated heterocycles. The number of nitro groups is 1. The smallest absolute Gasteiger partial charge is 0.275 e. The Morgan fingerprint density at radius 3 is 2.52 bits per heavy atom. The molecule has 4 N–H and O–H groups in total. The standard InChI is InChI=1S/C14H11N3O6/c18-10-2-4-13(20)11(6-10)14(21)16-15-7-8-5-9(17(22)23)1-3-12(8)19/h1-7,18-20H,(H,16,21)/b15-7+. The highest BCUT2D eigenvalue weighted by atomic mass is 16.6. The minimum Gasteiger partial charge on any atom is -0.508 e. The van der Waals surface area contributed by atoms with Crippen LogP contribution in [0.1, 0.15) is 15.9 Å². The van der Waals surface area contributed by atoms with Crippen molar-refractivity contribution < 1.29 is 25.0 Å². The maximum absolute atomic E-state index is 11.8. The number of non-ortho nitro benzene ring substituents is 1. The van der Waals surface area contributed by atoms with Crippen LogP contribution in [0.4, 0.5) is 5.69 Å². The van der Waals surface area contributed by atoms with Gasteiger partial charge in [0.15, 0.2) is 0 Å². The molecule has 118 valence electrons. The topological polar surface area (TPSA) is 145 Å². The average molecular weight is 317 g/mol. The van der Waals surface area contributed by atoms with Crippen molar-refractivity contribution in [3.05, 3.63) is 57.6 Å². The fourth-order valence-electron chi connectivity index (χ4n) is 1.69. The highest BCUT2D eigenvalue weighted by Crippen LogP contribution is 2.22. The molecule has 23 heavy (non-hydrogen) atoms. The first-order chi connectivity index (χ1) is 10.9. The van der Waals surface area contributed by atoms with Gasteiger partial charge >= 0.3 is 0 Å². The molecule has 0 aliphatic heterocycles. The number of hydrogen-bond donors (Lipinski definition) is 4. The Morgan fingerprint density at radius 2 is 1.83 bits per heavy atom. The third-order valence-electron chi connectivity index (χ3n) is 2.82. The summed E-state index contributed by atoms with van der Waals surface area (Å²) in [5.41, 5.74) is 1.65. The number of hydrogen-bond acceptors (Lipinski definition) is 7. The number of amides is 1. The Morgan fingerprint density at radius 1 is 1.13 bits per heavy atom. The Hall–Kier alpha value is -3.62. The van der Waals surface area contributed by atoms with Gasteiger partial charge in [0.2, 0.25) is 0 Å². The monoisotopic (exact) mass is 317 g/mol. The number of phenols is 3. The summed E-state index contributed by atoms with van der Waals surface area (Å²) in [7, 11) is 0. The molecule has 0 unspecified atom stereocenters. The summed E-state index contributed by atoms with van der Waals surface area (Å²) >= 11 is 0. The number of nitro benzene ring substituents is 1. The van der Waals surface area contributed by atoms with Gasteiger partial charge in [-0.3, -0.25) is 14.9 Å². The first-order valence-corrected chi connectivity index (χ1v) is 6.21. The third-order valence-corrected chi connectivity index (χ3v) is 2.82. The van der Waals surface area contributed by atoms with E-state index < -0.39 is 10.8 Å². The lowest BCUT2D eigenvalue weighted by molar-refractivity contribution is -0.384. The van der Waals surface area contributed by atoms with Crippen molar-refractivity contribution in [3.63, 3.8) is 0 Å². The Kier molecular flexibility index (Phi) is 4.41. The molecule has 0 aliphatic carbocycles. The molecule has 2 rings (SSSR count). The van der Waals surface area contributed by atoms with Gasteiger partial charge in [-0.1, -0.05) is 0 Å². The van der Waals surface area contributed by atoms with Gasteiger partial charge in [-0.2, -0.15) is 5.10 Å². The fraction of sp³-hybridized carbons (Fsp3) is 0. The molecule has 9 heteroatoms. The van der Waals surface area contributed by atoms with Gasteiger partial charge in [-0.25, -0.2) is 5.43 Å². The van der Waals surface area contributed by atoms with Crippen molar-refractivity contribution >= 4 is 17.8 Å². The summed E-state index contributed by atoms with van der Waals surface area (Å²) in [4.78, 5) is 21.8. The van der Waals surface area contributed by atoms with E-state index in [1.54, 1.807) is 0 Å². The summed E-state index contributed by atoms with van der Waals surface area (Å²) in [5.74, 6) is -1.63. The average Bonchev–Trinajstić information content (AvgIpc) is 2.51. The lowest BCUT2D eigenvalue weighted by Gasteiger charge is -2.03. The summed E-state index contributed by atoms with van der Waals surface area (Å²) in [6.45, 7) is 0. The predicted molar refractivity (Wildman–Crippen MR) is 79.6 cm³/mol. The second-order valence-corrected chi connectivity index (χ2v) is 4.40. The Labute approximate surface area is 129 Å². The minimum atomic E-state index is -0.806. The SMILES string of the molecule is O=C(N/N=C/c1cc([N+](=O)[O-])ccc1O)c1cc(O)ccc1O. The molecule has 2 aromatic rings. The van der Waals surface area contributed by atoms with Gasteiger partial charge in [0.1, 0.15) is 17.2 Å². The van der Waals surface area contributed by atoms with Crippen LogP contribution in [0.15, 0.2) is 41.5 Å². The zero-order valence-corrected chi connectivity index (χ0v) is 11.5. The van der Waals surface area contributed by atoms with Crippen LogP contribution in [0.25, 0.3) is 0 Å². The molecule has 9 nitrogen and oxygen atoms in total. The molecule has 0 aliphatic rings. The molecule has 0 spiro atoms. The van der Waals surface area contributed by atoms with Gasteiger partial charge in [0.05, 0.1) is 16.7 Å². The number of hydrazone groups is 1. The zero-order chi connectivity index (χ0) is 17.0. The maximum Gasteiger partial charge on any atom is 0.275 e.